The summed E-state index contributed by atoms with van der Waals surface area (Å²) in [5.41, 5.74) is -0.0824. The molecule has 108 valence electrons. The van der Waals surface area contributed by atoms with E-state index in [4.69, 9.17) is 9.84 Å². The smallest absolute Gasteiger partial charge is 0.336 e. The number of benzene rings is 2. The van der Waals surface area contributed by atoms with Crippen LogP contribution in [0.2, 0.25) is 0 Å². The fourth-order valence-electron chi connectivity index (χ4n) is 1.74. The second kappa shape index (κ2) is 6.00. The molecule has 7 heteroatoms. The van der Waals surface area contributed by atoms with Crippen LogP contribution in [0.4, 0.5) is 10.1 Å². The zero-order valence-electron chi connectivity index (χ0n) is 10.7. The monoisotopic (exact) mass is 291 g/mol. The summed E-state index contributed by atoms with van der Waals surface area (Å²) >= 11 is 0. The van der Waals surface area contributed by atoms with Crippen LogP contribution in [0.25, 0.3) is 0 Å². The van der Waals surface area contributed by atoms with Gasteiger partial charge in [-0.2, -0.15) is 0 Å². The number of halogens is 1. The van der Waals surface area contributed by atoms with Gasteiger partial charge in [0.1, 0.15) is 18.2 Å². The molecule has 2 rings (SSSR count). The fraction of sp³-hybridized carbons (Fsp3) is 0.0714. The SMILES string of the molecule is O=C(O)c1ccc(F)cc1COc1cccc([N+](=O)[O-])c1. The Labute approximate surface area is 118 Å². The van der Waals surface area contributed by atoms with Crippen LogP contribution in [0.1, 0.15) is 15.9 Å². The number of hydrogen-bond donors (Lipinski definition) is 1. The number of aromatic carboxylic acids is 1. The first-order chi connectivity index (χ1) is 9.97. The van der Waals surface area contributed by atoms with E-state index in [0.29, 0.717) is 0 Å². The van der Waals surface area contributed by atoms with Crippen molar-refractivity contribution < 1.29 is 24.0 Å². The summed E-state index contributed by atoms with van der Waals surface area (Å²) in [4.78, 5) is 21.1. The minimum atomic E-state index is -1.20. The molecule has 0 aliphatic carbocycles. The summed E-state index contributed by atoms with van der Waals surface area (Å²) in [6.45, 7) is -0.208. The van der Waals surface area contributed by atoms with E-state index in [2.05, 4.69) is 0 Å². The van der Waals surface area contributed by atoms with Crippen molar-refractivity contribution in [1.29, 1.82) is 0 Å². The Balaban J connectivity index is 2.20. The molecular formula is C14H10FNO5. The van der Waals surface area contributed by atoms with Crippen LogP contribution >= 0.6 is 0 Å². The third kappa shape index (κ3) is 3.53. The highest BCUT2D eigenvalue weighted by Crippen LogP contribution is 2.21. The number of carboxylic acids is 1. The number of nitrogens with zero attached hydrogens (tertiary/aromatic N) is 1. The van der Waals surface area contributed by atoms with Crippen molar-refractivity contribution in [2.45, 2.75) is 6.61 Å². The molecule has 0 radical (unpaired) electrons. The van der Waals surface area contributed by atoms with Gasteiger partial charge in [0.15, 0.2) is 0 Å². The summed E-state index contributed by atoms with van der Waals surface area (Å²) in [6, 6.07) is 8.69. The van der Waals surface area contributed by atoms with E-state index >= 15 is 0 Å². The van der Waals surface area contributed by atoms with Gasteiger partial charge in [-0.1, -0.05) is 6.07 Å². The van der Waals surface area contributed by atoms with Gasteiger partial charge in [-0.15, -0.1) is 0 Å². The summed E-state index contributed by atoms with van der Waals surface area (Å²) in [5.74, 6) is -1.59. The van der Waals surface area contributed by atoms with Crippen LogP contribution in [-0.2, 0) is 6.61 Å². The van der Waals surface area contributed by atoms with E-state index in [-0.39, 0.29) is 29.2 Å². The molecule has 0 aliphatic rings. The Morgan fingerprint density at radius 1 is 1.29 bits per heavy atom. The first kappa shape index (κ1) is 14.4. The lowest BCUT2D eigenvalue weighted by Crippen LogP contribution is -2.06. The highest BCUT2D eigenvalue weighted by molar-refractivity contribution is 5.89. The number of carbonyl (C=O) groups is 1. The number of ether oxygens (including phenoxy) is 1. The molecule has 2 aromatic rings. The second-order valence-corrected chi connectivity index (χ2v) is 4.15. The van der Waals surface area contributed by atoms with Gasteiger partial charge in [-0.25, -0.2) is 9.18 Å². The summed E-state index contributed by atoms with van der Waals surface area (Å²) in [7, 11) is 0. The molecule has 1 N–H and O–H groups in total. The maximum Gasteiger partial charge on any atom is 0.336 e. The van der Waals surface area contributed by atoms with Crippen molar-refractivity contribution >= 4 is 11.7 Å². The Hall–Kier alpha value is -2.96. The molecule has 0 amide bonds. The topological polar surface area (TPSA) is 89.7 Å². The van der Waals surface area contributed by atoms with Crippen molar-refractivity contribution in [2.24, 2.45) is 0 Å². The lowest BCUT2D eigenvalue weighted by atomic mass is 10.1. The molecule has 0 bridgehead atoms. The molecule has 0 unspecified atom stereocenters. The van der Waals surface area contributed by atoms with Crippen LogP contribution in [-0.4, -0.2) is 16.0 Å². The van der Waals surface area contributed by atoms with Crippen molar-refractivity contribution in [2.75, 3.05) is 0 Å². The first-order valence-corrected chi connectivity index (χ1v) is 5.86. The molecule has 0 aliphatic heterocycles. The normalized spacial score (nSPS) is 10.1. The van der Waals surface area contributed by atoms with E-state index in [1.54, 1.807) is 0 Å². The summed E-state index contributed by atoms with van der Waals surface area (Å²) < 4.78 is 18.5. The Morgan fingerprint density at radius 2 is 2.05 bits per heavy atom. The number of non-ortho nitro benzene ring substituents is 1. The maximum atomic E-state index is 13.2. The minimum Gasteiger partial charge on any atom is -0.489 e. The zero-order chi connectivity index (χ0) is 15.4. The van der Waals surface area contributed by atoms with Crippen LogP contribution < -0.4 is 4.74 Å². The van der Waals surface area contributed by atoms with Gasteiger partial charge < -0.3 is 9.84 Å². The molecule has 0 spiro atoms. The first-order valence-electron chi connectivity index (χ1n) is 5.86. The van der Waals surface area contributed by atoms with E-state index in [9.17, 15) is 19.3 Å². The average Bonchev–Trinajstić information content (AvgIpc) is 2.45. The molecule has 2 aromatic carbocycles. The van der Waals surface area contributed by atoms with E-state index in [1.807, 2.05) is 0 Å². The fourth-order valence-corrected chi connectivity index (χ4v) is 1.74. The highest BCUT2D eigenvalue weighted by Gasteiger charge is 2.12. The van der Waals surface area contributed by atoms with Gasteiger partial charge in [-0.3, -0.25) is 10.1 Å². The van der Waals surface area contributed by atoms with Crippen molar-refractivity contribution in [1.82, 2.24) is 0 Å². The van der Waals surface area contributed by atoms with Gasteiger partial charge in [0, 0.05) is 11.6 Å². The largest absolute Gasteiger partial charge is 0.489 e. The number of carboxylic acid groups (broad SMARTS) is 1. The zero-order valence-corrected chi connectivity index (χ0v) is 10.7. The molecule has 0 aromatic heterocycles. The number of hydrogen-bond acceptors (Lipinski definition) is 4. The quantitative estimate of drug-likeness (QED) is 0.675. The van der Waals surface area contributed by atoms with Crippen molar-refractivity contribution in [3.63, 3.8) is 0 Å². The van der Waals surface area contributed by atoms with Crippen LogP contribution in [0.5, 0.6) is 5.75 Å². The van der Waals surface area contributed by atoms with E-state index in [1.165, 1.54) is 24.3 Å². The lowest BCUT2D eigenvalue weighted by Gasteiger charge is -2.09. The van der Waals surface area contributed by atoms with E-state index in [0.717, 1.165) is 18.2 Å². The highest BCUT2D eigenvalue weighted by atomic mass is 19.1. The summed E-state index contributed by atoms with van der Waals surface area (Å²) in [5, 5.41) is 19.6. The van der Waals surface area contributed by atoms with Gasteiger partial charge in [0.25, 0.3) is 5.69 Å². The van der Waals surface area contributed by atoms with Crippen molar-refractivity contribution in [3.05, 3.63) is 69.5 Å². The van der Waals surface area contributed by atoms with Gasteiger partial charge in [0.2, 0.25) is 0 Å². The molecule has 0 atom stereocenters. The molecule has 0 saturated heterocycles. The van der Waals surface area contributed by atoms with E-state index < -0.39 is 16.7 Å². The molecule has 0 saturated carbocycles. The minimum absolute atomic E-state index is 0.0816. The molecule has 21 heavy (non-hydrogen) atoms. The third-order valence-corrected chi connectivity index (χ3v) is 2.72. The van der Waals surface area contributed by atoms with Crippen LogP contribution in [0.15, 0.2) is 42.5 Å². The second-order valence-electron chi connectivity index (χ2n) is 4.15. The lowest BCUT2D eigenvalue weighted by molar-refractivity contribution is -0.384. The number of nitro groups is 1. The molecular weight excluding hydrogens is 281 g/mol. The predicted octanol–water partition coefficient (Wildman–Crippen LogP) is 3.01. The molecule has 0 heterocycles. The Bertz CT molecular complexity index is 702. The van der Waals surface area contributed by atoms with Crippen LogP contribution in [0, 0.1) is 15.9 Å². The average molecular weight is 291 g/mol. The predicted molar refractivity (Wildman–Crippen MR) is 70.8 cm³/mol. The molecule has 0 fully saturated rings. The Morgan fingerprint density at radius 3 is 2.71 bits per heavy atom. The van der Waals surface area contributed by atoms with Gasteiger partial charge in [-0.05, 0) is 24.3 Å². The summed E-state index contributed by atoms with van der Waals surface area (Å²) in [6.07, 6.45) is 0. The number of nitro benzene ring substituents is 1. The van der Waals surface area contributed by atoms with Crippen molar-refractivity contribution in [3.8, 4) is 5.75 Å². The number of rotatable bonds is 5. The molecule has 6 nitrogen and oxygen atoms in total. The Kier molecular flexibility index (Phi) is 4.13. The van der Waals surface area contributed by atoms with Gasteiger partial charge in [0.05, 0.1) is 16.6 Å². The standard InChI is InChI=1S/C14H10FNO5/c15-10-4-5-13(14(17)18)9(6-10)8-21-12-3-1-2-11(7-12)16(19)20/h1-7H,8H2,(H,17,18). The maximum absolute atomic E-state index is 13.2. The van der Waals surface area contributed by atoms with Gasteiger partial charge >= 0.3 is 5.97 Å². The van der Waals surface area contributed by atoms with Crippen LogP contribution in [0.3, 0.4) is 0 Å². The third-order valence-electron chi connectivity index (χ3n) is 2.72.